The molecule has 0 radical (unpaired) electrons. The maximum atomic E-state index is 5.74. The molecule has 0 saturated heterocycles. The average Bonchev–Trinajstić information content (AvgIpc) is 2.58. The number of nitrogens with zero attached hydrogens (tertiary/aromatic N) is 5. The summed E-state index contributed by atoms with van der Waals surface area (Å²) in [5.41, 5.74) is 7.02. The van der Waals surface area contributed by atoms with Crippen molar-refractivity contribution < 1.29 is 0 Å². The molecule has 0 unspecified atom stereocenters. The van der Waals surface area contributed by atoms with Crippen molar-refractivity contribution in [2.45, 2.75) is 0 Å². The zero-order valence-electron chi connectivity index (χ0n) is 7.47. The third-order valence-corrected chi connectivity index (χ3v) is 1.78. The van der Waals surface area contributed by atoms with Crippen molar-refractivity contribution >= 4 is 5.69 Å². The predicted octanol–water partition coefficient (Wildman–Crippen LogP) is -0.202. The number of hydrogen-bond donors (Lipinski definition) is 1. The zero-order valence-corrected chi connectivity index (χ0v) is 7.47. The van der Waals surface area contributed by atoms with Gasteiger partial charge in [-0.3, -0.25) is 4.68 Å². The Labute approximate surface area is 75.0 Å². The van der Waals surface area contributed by atoms with E-state index < -0.39 is 0 Å². The molecule has 2 aromatic heterocycles. The van der Waals surface area contributed by atoms with Crippen LogP contribution in [0.2, 0.25) is 0 Å². The van der Waals surface area contributed by atoms with Crippen LogP contribution in [0, 0.1) is 0 Å². The molecule has 2 aromatic rings. The summed E-state index contributed by atoms with van der Waals surface area (Å²) in [4.78, 5) is 4.06. The molecule has 2 heterocycles. The van der Waals surface area contributed by atoms with E-state index in [2.05, 4.69) is 15.2 Å². The first-order valence-electron chi connectivity index (χ1n) is 3.82. The molecule has 0 spiro atoms. The van der Waals surface area contributed by atoms with E-state index >= 15 is 0 Å². The number of aryl methyl sites for hydroxylation is 2. The van der Waals surface area contributed by atoms with Crippen LogP contribution in [0.15, 0.2) is 12.5 Å². The fourth-order valence-corrected chi connectivity index (χ4v) is 1.19. The van der Waals surface area contributed by atoms with E-state index in [0.29, 0.717) is 17.2 Å². The maximum absolute atomic E-state index is 5.74. The van der Waals surface area contributed by atoms with Gasteiger partial charge >= 0.3 is 0 Å². The first-order valence-corrected chi connectivity index (χ1v) is 3.82. The van der Waals surface area contributed by atoms with Crippen LogP contribution in [0.5, 0.6) is 0 Å². The van der Waals surface area contributed by atoms with Gasteiger partial charge in [-0.05, 0) is 0 Å². The Kier molecular flexibility index (Phi) is 1.54. The van der Waals surface area contributed by atoms with Crippen molar-refractivity contribution in [3.8, 4) is 11.5 Å². The number of rotatable bonds is 1. The van der Waals surface area contributed by atoms with Gasteiger partial charge < -0.3 is 5.73 Å². The molecule has 2 N–H and O–H groups in total. The Morgan fingerprint density at radius 3 is 2.62 bits per heavy atom. The molecule has 2 rings (SSSR count). The second-order valence-corrected chi connectivity index (χ2v) is 2.81. The Morgan fingerprint density at radius 1 is 1.38 bits per heavy atom. The van der Waals surface area contributed by atoms with Crippen molar-refractivity contribution in [1.29, 1.82) is 0 Å². The van der Waals surface area contributed by atoms with Crippen LogP contribution in [-0.4, -0.2) is 24.5 Å². The molecule has 0 aromatic carbocycles. The molecule has 6 heteroatoms. The van der Waals surface area contributed by atoms with Gasteiger partial charge in [-0.25, -0.2) is 9.67 Å². The highest BCUT2D eigenvalue weighted by molar-refractivity contribution is 5.66. The highest BCUT2D eigenvalue weighted by atomic mass is 15.3. The Balaban J connectivity index is 2.58. The summed E-state index contributed by atoms with van der Waals surface area (Å²) in [7, 11) is 3.62. The molecule has 0 fully saturated rings. The largest absolute Gasteiger partial charge is 0.396 e. The van der Waals surface area contributed by atoms with Crippen molar-refractivity contribution in [1.82, 2.24) is 24.5 Å². The summed E-state index contributed by atoms with van der Waals surface area (Å²) in [5, 5.41) is 8.13. The molecular formula is C7H10N6. The second kappa shape index (κ2) is 2.58. The lowest BCUT2D eigenvalue weighted by Gasteiger charge is -1.95. The minimum absolute atomic E-state index is 0.610. The van der Waals surface area contributed by atoms with E-state index in [9.17, 15) is 0 Å². The van der Waals surface area contributed by atoms with Crippen LogP contribution in [0.3, 0.4) is 0 Å². The summed E-state index contributed by atoms with van der Waals surface area (Å²) in [6.45, 7) is 0. The third kappa shape index (κ3) is 1.16. The number of nitrogen functional groups attached to an aromatic ring is 1. The van der Waals surface area contributed by atoms with Crippen LogP contribution >= 0.6 is 0 Å². The van der Waals surface area contributed by atoms with E-state index in [4.69, 9.17) is 5.73 Å². The van der Waals surface area contributed by atoms with Gasteiger partial charge in [-0.1, -0.05) is 0 Å². The topological polar surface area (TPSA) is 74.6 Å². The van der Waals surface area contributed by atoms with E-state index in [1.807, 2.05) is 7.05 Å². The summed E-state index contributed by atoms with van der Waals surface area (Å²) in [6, 6.07) is 0. The normalized spacial score (nSPS) is 10.6. The molecular weight excluding hydrogens is 168 g/mol. The molecule has 0 aliphatic rings. The molecule has 0 atom stereocenters. The minimum atomic E-state index is 0.610. The third-order valence-electron chi connectivity index (χ3n) is 1.78. The van der Waals surface area contributed by atoms with Crippen LogP contribution < -0.4 is 5.73 Å². The van der Waals surface area contributed by atoms with Gasteiger partial charge in [-0.2, -0.15) is 10.2 Å². The fraction of sp³-hybridized carbons (Fsp3) is 0.286. The average molecular weight is 178 g/mol. The number of hydrogen-bond acceptors (Lipinski definition) is 4. The summed E-state index contributed by atoms with van der Waals surface area (Å²) in [6.07, 6.45) is 3.22. The minimum Gasteiger partial charge on any atom is -0.396 e. The summed E-state index contributed by atoms with van der Waals surface area (Å²) in [5.74, 6) is 0.679. The lowest BCUT2D eigenvalue weighted by molar-refractivity contribution is 0.747. The van der Waals surface area contributed by atoms with Crippen LogP contribution in [0.25, 0.3) is 11.5 Å². The maximum Gasteiger partial charge on any atom is 0.180 e. The van der Waals surface area contributed by atoms with Gasteiger partial charge in [0.05, 0.1) is 5.69 Å². The number of anilines is 1. The van der Waals surface area contributed by atoms with Crippen LogP contribution in [-0.2, 0) is 14.1 Å². The Morgan fingerprint density at radius 2 is 2.15 bits per heavy atom. The first-order chi connectivity index (χ1) is 6.18. The highest BCUT2D eigenvalue weighted by Crippen LogP contribution is 2.19. The number of nitrogens with two attached hydrogens (primary N) is 1. The van der Waals surface area contributed by atoms with Crippen molar-refractivity contribution in [3.05, 3.63) is 12.5 Å². The standard InChI is InChI=1S/C7H10N6/c1-12-3-5(8)6(11-12)7-9-4-10-13(7)2/h3-4H,8H2,1-2H3. The van der Waals surface area contributed by atoms with Gasteiger partial charge in [0.1, 0.15) is 6.33 Å². The molecule has 0 bridgehead atoms. The quantitative estimate of drug-likeness (QED) is 0.656. The van der Waals surface area contributed by atoms with E-state index in [-0.39, 0.29) is 0 Å². The smallest absolute Gasteiger partial charge is 0.180 e. The monoisotopic (exact) mass is 178 g/mol. The van der Waals surface area contributed by atoms with Gasteiger partial charge in [0, 0.05) is 20.3 Å². The Hall–Kier alpha value is -1.85. The van der Waals surface area contributed by atoms with Gasteiger partial charge in [0.2, 0.25) is 0 Å². The van der Waals surface area contributed by atoms with Crippen LogP contribution in [0.1, 0.15) is 0 Å². The van der Waals surface area contributed by atoms with E-state index in [1.54, 1.807) is 22.6 Å². The molecule has 68 valence electrons. The van der Waals surface area contributed by atoms with E-state index in [1.165, 1.54) is 6.33 Å². The van der Waals surface area contributed by atoms with E-state index in [0.717, 1.165) is 0 Å². The zero-order chi connectivity index (χ0) is 9.42. The SMILES string of the molecule is Cn1cc(N)c(-c2ncnn2C)n1. The van der Waals surface area contributed by atoms with Crippen molar-refractivity contribution in [2.24, 2.45) is 14.1 Å². The lowest BCUT2D eigenvalue weighted by Crippen LogP contribution is -1.97. The van der Waals surface area contributed by atoms with Crippen molar-refractivity contribution in [2.75, 3.05) is 5.73 Å². The molecule has 6 nitrogen and oxygen atoms in total. The van der Waals surface area contributed by atoms with Crippen molar-refractivity contribution in [3.63, 3.8) is 0 Å². The van der Waals surface area contributed by atoms with Gasteiger partial charge in [0.25, 0.3) is 0 Å². The lowest BCUT2D eigenvalue weighted by atomic mass is 10.3. The molecule has 0 aliphatic carbocycles. The molecule has 0 aliphatic heterocycles. The molecule has 13 heavy (non-hydrogen) atoms. The first kappa shape index (κ1) is 7.78. The fourth-order valence-electron chi connectivity index (χ4n) is 1.19. The second-order valence-electron chi connectivity index (χ2n) is 2.81. The van der Waals surface area contributed by atoms with Gasteiger partial charge in [-0.15, -0.1) is 0 Å². The molecule has 0 amide bonds. The highest BCUT2D eigenvalue weighted by Gasteiger charge is 2.11. The summed E-state index contributed by atoms with van der Waals surface area (Å²) >= 11 is 0. The predicted molar refractivity (Wildman–Crippen MR) is 47.6 cm³/mol. The molecule has 0 saturated carbocycles. The summed E-state index contributed by atoms with van der Waals surface area (Å²) < 4.78 is 3.29. The number of aromatic nitrogens is 5. The van der Waals surface area contributed by atoms with Crippen LogP contribution in [0.4, 0.5) is 5.69 Å². The Bertz CT molecular complexity index is 426. The van der Waals surface area contributed by atoms with Gasteiger partial charge in [0.15, 0.2) is 11.5 Å².